The Hall–Kier alpha value is 0.400. The van der Waals surface area contributed by atoms with Gasteiger partial charge in [-0.2, -0.15) is 4.90 Å². The van der Waals surface area contributed by atoms with E-state index in [1.807, 2.05) is 12.1 Å². The maximum Gasteiger partial charge on any atom is 1.00 e. The summed E-state index contributed by atoms with van der Waals surface area (Å²) in [6, 6.07) is 6.00. The molecule has 52 valence electrons. The first-order chi connectivity index (χ1) is 4.88. The van der Waals surface area contributed by atoms with Crippen LogP contribution in [0.1, 0.15) is 11.1 Å². The molecule has 3 heteroatoms. The van der Waals surface area contributed by atoms with Crippen LogP contribution in [0.2, 0.25) is 0 Å². The van der Waals surface area contributed by atoms with Crippen LogP contribution < -0.4 is 29.6 Å². The summed E-state index contributed by atoms with van der Waals surface area (Å²) in [4.78, 5) is 0.940. The van der Waals surface area contributed by atoms with Gasteiger partial charge in [0.1, 0.15) is 0 Å². The Labute approximate surface area is 93.8 Å². The van der Waals surface area contributed by atoms with Crippen LogP contribution in [-0.2, 0) is 30.6 Å². The van der Waals surface area contributed by atoms with E-state index in [2.05, 4.69) is 6.07 Å². The molecule has 0 aliphatic carbocycles. The second-order valence-electron chi connectivity index (χ2n) is 2.39. The molecule has 1 aromatic rings. The zero-order chi connectivity index (χ0) is 6.97. The molecule has 0 saturated heterocycles. The topological polar surface area (TPSA) is 9.23 Å². The van der Waals surface area contributed by atoms with E-state index in [0.717, 1.165) is 11.5 Å². The van der Waals surface area contributed by atoms with Crippen LogP contribution in [0, 0.1) is 0 Å². The number of ether oxygens (including phenoxy) is 1. The van der Waals surface area contributed by atoms with Crippen molar-refractivity contribution in [3.05, 3.63) is 29.3 Å². The van der Waals surface area contributed by atoms with Crippen molar-refractivity contribution in [1.82, 2.24) is 0 Å². The Morgan fingerprint density at radius 1 is 1.27 bits per heavy atom. The van der Waals surface area contributed by atoms with Crippen molar-refractivity contribution in [2.75, 3.05) is 0 Å². The molecule has 0 bridgehead atoms. The van der Waals surface area contributed by atoms with Crippen LogP contribution >= 0.6 is 0 Å². The number of benzene rings is 1. The number of fused-ring (bicyclic) bond motifs is 1. The first kappa shape index (κ1) is 9.49. The summed E-state index contributed by atoms with van der Waals surface area (Å²) < 4.78 is 5.23. The fourth-order valence-corrected chi connectivity index (χ4v) is 1.44. The largest absolute Gasteiger partial charge is 1.00 e. The predicted octanol–water partition coefficient (Wildman–Crippen LogP) is -1.37. The Bertz CT molecular complexity index is 262. The maximum absolute atomic E-state index is 5.23. The van der Waals surface area contributed by atoms with Crippen LogP contribution in [0.15, 0.2) is 23.1 Å². The zero-order valence-corrected chi connectivity index (χ0v) is 9.28. The zero-order valence-electron chi connectivity index (χ0n) is 6.46. The molecule has 0 amide bonds. The maximum atomic E-state index is 5.23. The van der Waals surface area contributed by atoms with Crippen LogP contribution in [-0.4, -0.2) is 0 Å². The molecule has 0 unspecified atom stereocenters. The molecule has 1 aromatic carbocycles. The van der Waals surface area contributed by atoms with E-state index in [9.17, 15) is 0 Å². The molecule has 0 spiro atoms. The van der Waals surface area contributed by atoms with Crippen molar-refractivity contribution in [3.8, 4) is 0 Å². The Morgan fingerprint density at radius 2 is 2.09 bits per heavy atom. The molecule has 0 saturated carbocycles. The molecule has 0 radical (unpaired) electrons. The van der Waals surface area contributed by atoms with E-state index in [0.29, 0.717) is 6.61 Å². The third kappa shape index (κ3) is 1.76. The van der Waals surface area contributed by atoms with Crippen molar-refractivity contribution in [3.63, 3.8) is 0 Å². The molecule has 0 atom stereocenters. The molecule has 0 fully saturated rings. The van der Waals surface area contributed by atoms with Crippen LogP contribution in [0.25, 0.3) is 0 Å². The molecule has 2 rings (SSSR count). The first-order valence-corrected chi connectivity index (χ1v) is 3.64. The molecule has 11 heavy (non-hydrogen) atoms. The van der Waals surface area contributed by atoms with E-state index in [-0.39, 0.29) is 29.6 Å². The fourth-order valence-electron chi connectivity index (χ4n) is 1.17. The number of rotatable bonds is 0. The van der Waals surface area contributed by atoms with E-state index in [1.54, 1.807) is 0 Å². The van der Waals surface area contributed by atoms with Gasteiger partial charge in [-0.05, 0) is 11.1 Å². The van der Waals surface area contributed by atoms with Gasteiger partial charge < -0.3 is 17.4 Å². The summed E-state index contributed by atoms with van der Waals surface area (Å²) in [6.07, 6.45) is 0. The molecule has 1 heterocycles. The quantitative estimate of drug-likeness (QED) is 0.354. The number of hydrogen-bond acceptors (Lipinski definition) is 2. The van der Waals surface area contributed by atoms with Gasteiger partial charge in [-0.1, -0.05) is 18.2 Å². The number of hydrogen-bond donors (Lipinski definition) is 0. The van der Waals surface area contributed by atoms with Crippen molar-refractivity contribution < 1.29 is 34.3 Å². The minimum atomic E-state index is 0. The molecule has 1 aliphatic heterocycles. The van der Waals surface area contributed by atoms with Crippen molar-refractivity contribution in [2.45, 2.75) is 18.1 Å². The van der Waals surface area contributed by atoms with Crippen molar-refractivity contribution in [2.24, 2.45) is 0 Å². The fraction of sp³-hybridized carbons (Fsp3) is 0.250. The predicted molar refractivity (Wildman–Crippen MR) is 40.6 cm³/mol. The Kier molecular flexibility index (Phi) is 3.34. The van der Waals surface area contributed by atoms with Gasteiger partial charge in [0.2, 0.25) is 0 Å². The minimum absolute atomic E-state index is 0. The summed E-state index contributed by atoms with van der Waals surface area (Å²) in [5, 5.41) is 0. The average Bonchev–Trinajstić information content (AvgIpc) is 2.36. The van der Waals surface area contributed by atoms with Crippen LogP contribution in [0.4, 0.5) is 0 Å². The SMILES string of the molecule is [Na+].[S-]c1cccc2c1COC2. The first-order valence-electron chi connectivity index (χ1n) is 3.23. The van der Waals surface area contributed by atoms with Gasteiger partial charge in [0, 0.05) is 0 Å². The Balaban J connectivity index is 0.000000605. The summed E-state index contributed by atoms with van der Waals surface area (Å²) in [5.74, 6) is 0. The van der Waals surface area contributed by atoms with Gasteiger partial charge >= 0.3 is 29.6 Å². The van der Waals surface area contributed by atoms with Gasteiger partial charge in [-0.3, -0.25) is 0 Å². The van der Waals surface area contributed by atoms with E-state index in [1.165, 1.54) is 11.1 Å². The van der Waals surface area contributed by atoms with Gasteiger partial charge in [-0.25, -0.2) is 0 Å². The molecular formula is C8H7NaOS. The van der Waals surface area contributed by atoms with E-state index >= 15 is 0 Å². The van der Waals surface area contributed by atoms with E-state index in [4.69, 9.17) is 17.4 Å². The second kappa shape index (κ2) is 3.87. The summed E-state index contributed by atoms with van der Waals surface area (Å²) in [5.41, 5.74) is 2.46. The van der Waals surface area contributed by atoms with Gasteiger partial charge in [0.25, 0.3) is 0 Å². The molecule has 0 aromatic heterocycles. The summed E-state index contributed by atoms with van der Waals surface area (Å²) in [6.45, 7) is 1.44. The van der Waals surface area contributed by atoms with Crippen LogP contribution in [0.5, 0.6) is 0 Å². The van der Waals surface area contributed by atoms with Crippen molar-refractivity contribution in [1.29, 1.82) is 0 Å². The van der Waals surface area contributed by atoms with Gasteiger partial charge in [0.05, 0.1) is 13.2 Å². The standard InChI is InChI=1S/C8H8OS.Na/c10-8-3-1-2-6-4-9-5-7(6)8;/h1-3,10H,4-5H2;/q;+1/p-1. The monoisotopic (exact) mass is 174 g/mol. The van der Waals surface area contributed by atoms with Crippen LogP contribution in [0.3, 0.4) is 0 Å². The average molecular weight is 174 g/mol. The molecule has 1 nitrogen and oxygen atoms in total. The second-order valence-corrected chi connectivity index (χ2v) is 2.83. The molecule has 0 N–H and O–H groups in total. The van der Waals surface area contributed by atoms with E-state index < -0.39 is 0 Å². The smallest absolute Gasteiger partial charge is 0.779 e. The van der Waals surface area contributed by atoms with Gasteiger partial charge in [-0.15, -0.1) is 0 Å². The van der Waals surface area contributed by atoms with Crippen molar-refractivity contribution >= 4 is 12.6 Å². The normalized spacial score (nSPS) is 13.8. The minimum Gasteiger partial charge on any atom is -0.779 e. The molecule has 1 aliphatic rings. The Morgan fingerprint density at radius 3 is 2.82 bits per heavy atom. The summed E-state index contributed by atoms with van der Waals surface area (Å²) in [7, 11) is 0. The molecular weight excluding hydrogens is 167 g/mol. The van der Waals surface area contributed by atoms with Gasteiger partial charge in [0.15, 0.2) is 0 Å². The third-order valence-corrected chi connectivity index (χ3v) is 2.12. The summed E-state index contributed by atoms with van der Waals surface area (Å²) >= 11 is 5.10. The third-order valence-electron chi connectivity index (χ3n) is 1.73.